The number of carbonyl (C=O) groups excluding carboxylic acids is 1. The standard InChI is InChI=1S/C26H34ClN3O4.H3O4P/c1-14-11-15(2)29-25(32)20(14)13-28-24(31)19-12-21(27)23-22(16(19)3)33-26(4,34-23)17-7-9-18(10-8-17)30(5)6;1-5(2,3)4/h11-12,17-18H,7-10,13H2,1-6H3,(H,28,31)(H,29,32);(H3,1,2,3,4)/t17?,18?,26-;/m1./s1. The molecule has 1 aliphatic heterocycles. The summed E-state index contributed by atoms with van der Waals surface area (Å²) in [6.45, 7) is 7.62. The molecule has 4 rings (SSSR count). The second-order valence-electron chi connectivity index (χ2n) is 10.5. The van der Waals surface area contributed by atoms with Gasteiger partial charge >= 0.3 is 7.82 Å². The highest BCUT2D eigenvalue weighted by Crippen LogP contribution is 2.51. The zero-order valence-electron chi connectivity index (χ0n) is 23.0. The van der Waals surface area contributed by atoms with E-state index in [2.05, 4.69) is 29.3 Å². The molecule has 1 amide bonds. The molecule has 13 heteroatoms. The van der Waals surface area contributed by atoms with Crippen molar-refractivity contribution in [2.24, 2.45) is 5.92 Å². The van der Waals surface area contributed by atoms with Gasteiger partial charge in [-0.15, -0.1) is 0 Å². The van der Waals surface area contributed by atoms with Crippen LogP contribution in [0.15, 0.2) is 16.9 Å². The van der Waals surface area contributed by atoms with E-state index in [0.29, 0.717) is 39.3 Å². The van der Waals surface area contributed by atoms with Crippen LogP contribution in [0.4, 0.5) is 0 Å². The monoisotopic (exact) mass is 585 g/mol. The molecule has 2 aliphatic rings. The van der Waals surface area contributed by atoms with Crippen LogP contribution >= 0.6 is 19.4 Å². The molecule has 39 heavy (non-hydrogen) atoms. The summed E-state index contributed by atoms with van der Waals surface area (Å²) in [5.74, 6) is 0.137. The van der Waals surface area contributed by atoms with E-state index in [1.807, 2.05) is 33.8 Å². The molecule has 216 valence electrons. The van der Waals surface area contributed by atoms with Crippen molar-refractivity contribution in [2.45, 2.75) is 71.8 Å². The molecule has 0 radical (unpaired) electrons. The Morgan fingerprint density at radius 3 is 2.23 bits per heavy atom. The van der Waals surface area contributed by atoms with Gasteiger partial charge in [0.15, 0.2) is 11.5 Å². The van der Waals surface area contributed by atoms with Gasteiger partial charge in [0.2, 0.25) is 0 Å². The fourth-order valence-electron chi connectivity index (χ4n) is 5.23. The van der Waals surface area contributed by atoms with E-state index in [9.17, 15) is 9.59 Å². The van der Waals surface area contributed by atoms with Gasteiger partial charge in [0.25, 0.3) is 17.3 Å². The third-order valence-corrected chi connectivity index (χ3v) is 7.66. The highest BCUT2D eigenvalue weighted by atomic mass is 35.5. The molecule has 0 unspecified atom stereocenters. The van der Waals surface area contributed by atoms with Crippen LogP contribution in [0, 0.1) is 26.7 Å². The number of phosphoric acid groups is 1. The lowest BCUT2D eigenvalue weighted by Crippen LogP contribution is -2.46. The maximum absolute atomic E-state index is 13.1. The average Bonchev–Trinajstić information content (AvgIpc) is 3.19. The number of carbonyl (C=O) groups is 1. The zero-order chi connectivity index (χ0) is 29.3. The quantitative estimate of drug-likeness (QED) is 0.330. The zero-order valence-corrected chi connectivity index (χ0v) is 24.7. The summed E-state index contributed by atoms with van der Waals surface area (Å²) in [4.78, 5) is 52.0. The summed E-state index contributed by atoms with van der Waals surface area (Å²) < 4.78 is 21.6. The summed E-state index contributed by atoms with van der Waals surface area (Å²) >= 11 is 6.56. The largest absolute Gasteiger partial charge is 0.466 e. The topological polar surface area (TPSA) is 161 Å². The molecule has 0 saturated heterocycles. The predicted octanol–water partition coefficient (Wildman–Crippen LogP) is 3.56. The van der Waals surface area contributed by atoms with Crippen molar-refractivity contribution >= 4 is 25.3 Å². The summed E-state index contributed by atoms with van der Waals surface area (Å²) in [5.41, 5.74) is 3.05. The van der Waals surface area contributed by atoms with Gasteiger partial charge in [-0.05, 0) is 78.2 Å². The number of H-pyrrole nitrogens is 1. The van der Waals surface area contributed by atoms with Crippen LogP contribution in [0.1, 0.15) is 65.3 Å². The van der Waals surface area contributed by atoms with Gasteiger partial charge in [-0.2, -0.15) is 0 Å². The Balaban J connectivity index is 0.000000771. The number of ether oxygens (including phenoxy) is 2. The lowest BCUT2D eigenvalue weighted by atomic mass is 9.81. The third-order valence-electron chi connectivity index (χ3n) is 7.38. The summed E-state index contributed by atoms with van der Waals surface area (Å²) in [5, 5.41) is 3.20. The fourth-order valence-corrected chi connectivity index (χ4v) is 5.46. The highest BCUT2D eigenvalue weighted by Gasteiger charge is 2.47. The molecule has 1 saturated carbocycles. The second kappa shape index (κ2) is 12.0. The Kier molecular flexibility index (Phi) is 9.58. The Bertz CT molecular complexity index is 1330. The normalized spacial score (nSPS) is 22.3. The highest BCUT2D eigenvalue weighted by molar-refractivity contribution is 7.45. The molecule has 11 nitrogen and oxygen atoms in total. The van der Waals surface area contributed by atoms with Gasteiger partial charge in [0.05, 0.1) is 5.02 Å². The number of aromatic amines is 1. The molecule has 5 N–H and O–H groups in total. The number of nitrogens with one attached hydrogen (secondary N) is 2. The van der Waals surface area contributed by atoms with Crippen LogP contribution in [0.25, 0.3) is 0 Å². The first-order valence-corrected chi connectivity index (χ1v) is 14.6. The molecule has 2 heterocycles. The minimum atomic E-state index is -4.64. The number of nitrogens with zero attached hydrogens (tertiary/aromatic N) is 1. The van der Waals surface area contributed by atoms with Crippen LogP contribution in [0.2, 0.25) is 5.02 Å². The molecular weight excluding hydrogens is 549 g/mol. The summed E-state index contributed by atoms with van der Waals surface area (Å²) in [6, 6.07) is 4.09. The molecule has 1 aliphatic carbocycles. The second-order valence-corrected chi connectivity index (χ2v) is 12.0. The van der Waals surface area contributed by atoms with Crippen molar-refractivity contribution in [2.75, 3.05) is 14.1 Å². The van der Waals surface area contributed by atoms with E-state index in [-0.39, 0.29) is 23.9 Å². The van der Waals surface area contributed by atoms with Gasteiger partial charge in [0, 0.05) is 47.8 Å². The lowest BCUT2D eigenvalue weighted by Gasteiger charge is -2.39. The number of aromatic nitrogens is 1. The number of pyridine rings is 1. The molecule has 1 atom stereocenters. The molecular formula is C26H37ClN3O8P. The van der Waals surface area contributed by atoms with E-state index >= 15 is 0 Å². The number of amides is 1. The van der Waals surface area contributed by atoms with Crippen LogP contribution in [0.5, 0.6) is 11.5 Å². The van der Waals surface area contributed by atoms with Crippen molar-refractivity contribution < 1.29 is 33.5 Å². The molecule has 1 aromatic carbocycles. The average molecular weight is 586 g/mol. The Labute approximate surface area is 232 Å². The predicted molar refractivity (Wildman–Crippen MR) is 147 cm³/mol. The first-order chi connectivity index (χ1) is 18.0. The summed E-state index contributed by atoms with van der Waals surface area (Å²) in [6.07, 6.45) is 4.19. The molecule has 2 aromatic rings. The van der Waals surface area contributed by atoms with Crippen molar-refractivity contribution in [1.29, 1.82) is 0 Å². The SMILES string of the molecule is Cc1cc(C)c(CNC(=O)c2cc(Cl)c3c(c2C)O[C@@](C)(C2CCC(N(C)C)CC2)O3)c(=O)[nH]1.O=P(O)(O)O. The van der Waals surface area contributed by atoms with Crippen LogP contribution in [-0.4, -0.2) is 56.4 Å². The van der Waals surface area contributed by atoms with Gasteiger partial charge < -0.3 is 39.4 Å². The van der Waals surface area contributed by atoms with E-state index in [4.69, 9.17) is 40.3 Å². The maximum atomic E-state index is 13.1. The van der Waals surface area contributed by atoms with Gasteiger partial charge in [-0.3, -0.25) is 9.59 Å². The van der Waals surface area contributed by atoms with Crippen molar-refractivity contribution in [3.05, 3.63) is 55.5 Å². The number of fused-ring (bicyclic) bond motifs is 1. The van der Waals surface area contributed by atoms with Crippen molar-refractivity contribution in [3.63, 3.8) is 0 Å². The number of aryl methyl sites for hydroxylation is 2. The number of rotatable bonds is 5. The fraction of sp³-hybridized carbons (Fsp3) is 0.538. The van der Waals surface area contributed by atoms with Crippen LogP contribution in [-0.2, 0) is 11.1 Å². The molecule has 1 fully saturated rings. The lowest BCUT2D eigenvalue weighted by molar-refractivity contribution is -0.123. The molecule has 0 bridgehead atoms. The number of benzene rings is 1. The minimum absolute atomic E-state index is 0.124. The first kappa shape index (κ1) is 31.1. The van der Waals surface area contributed by atoms with E-state index < -0.39 is 13.6 Å². The Morgan fingerprint density at radius 2 is 1.69 bits per heavy atom. The smallest absolute Gasteiger partial charge is 0.448 e. The molecule has 1 aromatic heterocycles. The van der Waals surface area contributed by atoms with E-state index in [1.165, 1.54) is 0 Å². The summed E-state index contributed by atoms with van der Waals surface area (Å²) in [7, 11) is -0.395. The van der Waals surface area contributed by atoms with Crippen LogP contribution in [0.3, 0.4) is 0 Å². The number of halogens is 1. The van der Waals surface area contributed by atoms with Crippen molar-refractivity contribution in [3.8, 4) is 11.5 Å². The maximum Gasteiger partial charge on any atom is 0.466 e. The van der Waals surface area contributed by atoms with Gasteiger partial charge in [-0.25, -0.2) is 4.57 Å². The van der Waals surface area contributed by atoms with E-state index in [0.717, 1.165) is 36.9 Å². The minimum Gasteiger partial charge on any atom is -0.448 e. The molecule has 0 spiro atoms. The number of hydrogen-bond acceptors (Lipinski definition) is 6. The van der Waals surface area contributed by atoms with E-state index in [1.54, 1.807) is 6.07 Å². The Hall–Kier alpha value is -2.40. The number of hydrogen-bond donors (Lipinski definition) is 5. The van der Waals surface area contributed by atoms with Gasteiger partial charge in [-0.1, -0.05) is 11.6 Å². The Morgan fingerprint density at radius 1 is 1.13 bits per heavy atom. The van der Waals surface area contributed by atoms with Crippen LogP contribution < -0.4 is 20.3 Å². The van der Waals surface area contributed by atoms with Gasteiger partial charge in [0.1, 0.15) is 0 Å². The van der Waals surface area contributed by atoms with Crippen molar-refractivity contribution in [1.82, 2.24) is 15.2 Å². The first-order valence-electron chi connectivity index (χ1n) is 12.6. The third kappa shape index (κ3) is 7.63.